The second-order valence-corrected chi connectivity index (χ2v) is 5.35. The van der Waals surface area contributed by atoms with Crippen LogP contribution < -0.4 is 16.0 Å². The van der Waals surface area contributed by atoms with Gasteiger partial charge in [0.05, 0.1) is 13.0 Å². The molecule has 1 rings (SSSR count). The van der Waals surface area contributed by atoms with Crippen LogP contribution in [0.25, 0.3) is 0 Å². The Balaban J connectivity index is 2.91. The molecule has 22 heavy (non-hydrogen) atoms. The number of nitrogens with zero attached hydrogens (tertiary/aromatic N) is 1. The molecule has 0 bridgehead atoms. The summed E-state index contributed by atoms with van der Waals surface area (Å²) >= 11 is 0. The molecule has 124 valence electrons. The highest BCUT2D eigenvalue weighted by Crippen LogP contribution is 2.23. The molecule has 0 heterocycles. The summed E-state index contributed by atoms with van der Waals surface area (Å²) < 4.78 is 5.90. The summed E-state index contributed by atoms with van der Waals surface area (Å²) in [5.41, 5.74) is 4.25. The zero-order chi connectivity index (χ0) is 16.4. The predicted octanol–water partition coefficient (Wildman–Crippen LogP) is 2.24. The van der Waals surface area contributed by atoms with E-state index in [2.05, 4.69) is 37.2 Å². The van der Waals surface area contributed by atoms with Crippen LogP contribution in [-0.2, 0) is 17.8 Å². The molecule has 0 atom stereocenters. The van der Waals surface area contributed by atoms with Crippen LogP contribution in [-0.4, -0.2) is 30.5 Å². The maximum Gasteiger partial charge on any atom is 0.238 e. The summed E-state index contributed by atoms with van der Waals surface area (Å²) in [5.74, 6) is 5.89. The van der Waals surface area contributed by atoms with Crippen molar-refractivity contribution in [1.82, 2.24) is 10.3 Å². The van der Waals surface area contributed by atoms with Gasteiger partial charge < -0.3 is 4.74 Å². The van der Waals surface area contributed by atoms with Crippen molar-refractivity contribution in [3.63, 3.8) is 0 Å². The summed E-state index contributed by atoms with van der Waals surface area (Å²) in [4.78, 5) is 13.8. The fraction of sp³-hybridized carbons (Fsp3) is 0.588. The van der Waals surface area contributed by atoms with Crippen molar-refractivity contribution < 1.29 is 9.53 Å². The maximum absolute atomic E-state index is 11.4. The smallest absolute Gasteiger partial charge is 0.238 e. The lowest BCUT2D eigenvalue weighted by Gasteiger charge is -2.21. The number of carbonyl (C=O) groups excluding carboxylic acids is 1. The van der Waals surface area contributed by atoms with Gasteiger partial charge in [0, 0.05) is 12.1 Å². The number of hydrogen-bond donors (Lipinski definition) is 2. The average molecular weight is 307 g/mol. The second-order valence-electron chi connectivity index (χ2n) is 5.35. The molecular weight excluding hydrogens is 278 g/mol. The number of benzene rings is 1. The molecule has 0 aliphatic rings. The third kappa shape index (κ3) is 6.03. The van der Waals surface area contributed by atoms with Crippen molar-refractivity contribution in [1.29, 1.82) is 0 Å². The molecule has 5 heteroatoms. The van der Waals surface area contributed by atoms with Crippen LogP contribution >= 0.6 is 0 Å². The highest BCUT2D eigenvalue weighted by Gasteiger charge is 2.11. The van der Waals surface area contributed by atoms with E-state index in [1.807, 2.05) is 12.1 Å². The minimum absolute atomic E-state index is 0.187. The predicted molar refractivity (Wildman–Crippen MR) is 89.5 cm³/mol. The van der Waals surface area contributed by atoms with Gasteiger partial charge in [-0.05, 0) is 31.1 Å². The Kier molecular flexibility index (Phi) is 8.55. The van der Waals surface area contributed by atoms with Gasteiger partial charge in [0.15, 0.2) is 0 Å². The Hall–Kier alpha value is -1.59. The summed E-state index contributed by atoms with van der Waals surface area (Å²) in [7, 11) is 0. The highest BCUT2D eigenvalue weighted by molar-refractivity contribution is 5.78. The van der Waals surface area contributed by atoms with Gasteiger partial charge in [-0.1, -0.05) is 39.3 Å². The second kappa shape index (κ2) is 10.2. The van der Waals surface area contributed by atoms with Gasteiger partial charge in [0.2, 0.25) is 5.91 Å². The lowest BCUT2D eigenvalue weighted by molar-refractivity contribution is -0.120. The van der Waals surface area contributed by atoms with Gasteiger partial charge in [-0.2, -0.15) is 0 Å². The monoisotopic (exact) mass is 307 g/mol. The number of unbranched alkanes of at least 4 members (excludes halogenated alkanes) is 1. The minimum Gasteiger partial charge on any atom is -0.493 e. The Labute approximate surface area is 133 Å². The van der Waals surface area contributed by atoms with Crippen molar-refractivity contribution in [3.05, 3.63) is 29.3 Å². The summed E-state index contributed by atoms with van der Waals surface area (Å²) in [6.45, 7) is 9.96. The molecule has 1 aromatic rings. The SMILES string of the molecule is CCCCOc1ccc(CC(=O)NN)cc1CN(CC)CC. The molecular formula is C17H29N3O2. The molecule has 0 unspecified atom stereocenters. The number of amides is 1. The number of carbonyl (C=O) groups is 1. The molecule has 1 amide bonds. The highest BCUT2D eigenvalue weighted by atomic mass is 16.5. The molecule has 0 aromatic heterocycles. The number of hydrogen-bond acceptors (Lipinski definition) is 4. The van der Waals surface area contributed by atoms with Crippen LogP contribution in [0.2, 0.25) is 0 Å². The Morgan fingerprint density at radius 3 is 2.59 bits per heavy atom. The van der Waals surface area contributed by atoms with E-state index in [0.717, 1.165) is 56.0 Å². The standard InChI is InChI=1S/C17H29N3O2/c1-4-7-10-22-16-9-8-14(12-17(21)19-18)11-15(16)13-20(5-2)6-3/h8-9,11H,4-7,10,12-13,18H2,1-3H3,(H,19,21). The van der Waals surface area contributed by atoms with Crippen molar-refractivity contribution in [2.75, 3.05) is 19.7 Å². The Morgan fingerprint density at radius 1 is 1.27 bits per heavy atom. The van der Waals surface area contributed by atoms with E-state index >= 15 is 0 Å². The molecule has 0 aliphatic heterocycles. The normalized spacial score (nSPS) is 10.8. The lowest BCUT2D eigenvalue weighted by atomic mass is 10.1. The number of rotatable bonds is 10. The van der Waals surface area contributed by atoms with Gasteiger partial charge in [-0.15, -0.1) is 0 Å². The fourth-order valence-corrected chi connectivity index (χ4v) is 2.26. The first-order valence-corrected chi connectivity index (χ1v) is 8.10. The quantitative estimate of drug-likeness (QED) is 0.301. The summed E-state index contributed by atoms with van der Waals surface area (Å²) in [6.07, 6.45) is 2.44. The first-order chi connectivity index (χ1) is 10.6. The van der Waals surface area contributed by atoms with Crippen LogP contribution in [0.15, 0.2) is 18.2 Å². The van der Waals surface area contributed by atoms with Crippen molar-refractivity contribution in [3.8, 4) is 5.75 Å². The van der Waals surface area contributed by atoms with Crippen molar-refractivity contribution in [2.24, 2.45) is 5.84 Å². The van der Waals surface area contributed by atoms with Gasteiger partial charge in [0.25, 0.3) is 0 Å². The van der Waals surface area contributed by atoms with E-state index < -0.39 is 0 Å². The first-order valence-electron chi connectivity index (χ1n) is 8.10. The van der Waals surface area contributed by atoms with E-state index in [1.165, 1.54) is 0 Å². The van der Waals surface area contributed by atoms with E-state index in [1.54, 1.807) is 0 Å². The largest absolute Gasteiger partial charge is 0.493 e. The lowest BCUT2D eigenvalue weighted by Crippen LogP contribution is -2.31. The number of ether oxygens (including phenoxy) is 1. The van der Waals surface area contributed by atoms with Crippen molar-refractivity contribution >= 4 is 5.91 Å². The van der Waals surface area contributed by atoms with Crippen LogP contribution in [0.3, 0.4) is 0 Å². The number of hydrazine groups is 1. The molecule has 0 radical (unpaired) electrons. The third-order valence-electron chi connectivity index (χ3n) is 3.69. The molecule has 0 saturated carbocycles. The van der Waals surface area contributed by atoms with E-state index in [4.69, 9.17) is 10.6 Å². The van der Waals surface area contributed by atoms with E-state index in [9.17, 15) is 4.79 Å². The van der Waals surface area contributed by atoms with Crippen LogP contribution in [0.4, 0.5) is 0 Å². The maximum atomic E-state index is 11.4. The van der Waals surface area contributed by atoms with E-state index in [-0.39, 0.29) is 12.3 Å². The Morgan fingerprint density at radius 2 is 2.00 bits per heavy atom. The molecule has 3 N–H and O–H groups in total. The fourth-order valence-electron chi connectivity index (χ4n) is 2.26. The molecule has 0 aliphatic carbocycles. The molecule has 5 nitrogen and oxygen atoms in total. The van der Waals surface area contributed by atoms with Gasteiger partial charge in [-0.25, -0.2) is 5.84 Å². The first kappa shape index (κ1) is 18.5. The average Bonchev–Trinajstić information content (AvgIpc) is 2.54. The van der Waals surface area contributed by atoms with Crippen LogP contribution in [0.1, 0.15) is 44.7 Å². The number of nitrogens with one attached hydrogen (secondary N) is 1. The van der Waals surface area contributed by atoms with Gasteiger partial charge in [-0.3, -0.25) is 15.1 Å². The minimum atomic E-state index is -0.187. The van der Waals surface area contributed by atoms with Crippen LogP contribution in [0.5, 0.6) is 5.75 Å². The van der Waals surface area contributed by atoms with Gasteiger partial charge in [0.1, 0.15) is 5.75 Å². The van der Waals surface area contributed by atoms with Crippen molar-refractivity contribution in [2.45, 2.75) is 46.6 Å². The summed E-state index contributed by atoms with van der Waals surface area (Å²) in [5, 5.41) is 0. The topological polar surface area (TPSA) is 67.6 Å². The zero-order valence-corrected chi connectivity index (χ0v) is 14.0. The molecule has 0 saturated heterocycles. The Bertz CT molecular complexity index is 459. The van der Waals surface area contributed by atoms with Crippen LogP contribution in [0, 0.1) is 0 Å². The molecule has 0 fully saturated rings. The zero-order valence-electron chi connectivity index (χ0n) is 14.0. The van der Waals surface area contributed by atoms with E-state index in [0.29, 0.717) is 0 Å². The molecule has 1 aromatic carbocycles. The third-order valence-corrected chi connectivity index (χ3v) is 3.69. The number of nitrogens with two attached hydrogens (primary N) is 1. The molecule has 0 spiro atoms. The summed E-state index contributed by atoms with van der Waals surface area (Å²) in [6, 6.07) is 5.95. The van der Waals surface area contributed by atoms with Gasteiger partial charge >= 0.3 is 0 Å².